The van der Waals surface area contributed by atoms with Gasteiger partial charge in [-0.15, -0.1) is 16.4 Å². The average Bonchev–Trinajstić information content (AvgIpc) is 3.41. The molecule has 1 aliphatic rings. The Labute approximate surface area is 188 Å². The molecule has 0 radical (unpaired) electrons. The van der Waals surface area contributed by atoms with Crippen LogP contribution in [0.2, 0.25) is 0 Å². The van der Waals surface area contributed by atoms with E-state index in [-0.39, 0.29) is 17.5 Å². The van der Waals surface area contributed by atoms with Crippen LogP contribution < -0.4 is 10.2 Å². The van der Waals surface area contributed by atoms with Crippen molar-refractivity contribution < 1.29 is 9.18 Å². The first-order valence-corrected chi connectivity index (χ1v) is 11.4. The number of nitrogens with zero attached hydrogens (tertiary/aromatic N) is 5. The zero-order valence-corrected chi connectivity index (χ0v) is 18.7. The van der Waals surface area contributed by atoms with Gasteiger partial charge in [-0.3, -0.25) is 14.4 Å². The molecule has 32 heavy (non-hydrogen) atoms. The summed E-state index contributed by atoms with van der Waals surface area (Å²) in [4.78, 5) is 20.0. The topological polar surface area (TPSA) is 75.9 Å². The number of pyridine rings is 1. The zero-order chi connectivity index (χ0) is 22.2. The maximum atomic E-state index is 15.2. The van der Waals surface area contributed by atoms with Crippen molar-refractivity contribution in [3.05, 3.63) is 59.0 Å². The molecule has 1 N–H and O–H groups in total. The highest BCUT2D eigenvalue weighted by Gasteiger charge is 2.32. The number of hydrogen-bond acceptors (Lipinski definition) is 6. The molecule has 1 fully saturated rings. The second-order valence-electron chi connectivity index (χ2n) is 8.08. The molecule has 9 heteroatoms. The Bertz CT molecular complexity index is 1290. The second kappa shape index (κ2) is 8.40. The van der Waals surface area contributed by atoms with Crippen LogP contribution in [-0.4, -0.2) is 45.0 Å². The van der Waals surface area contributed by atoms with Gasteiger partial charge >= 0.3 is 0 Å². The van der Waals surface area contributed by atoms with E-state index < -0.39 is 5.82 Å². The molecule has 3 aromatic heterocycles. The standard InChI is InChI=1S/C23H23FN6OS/c1-14-13-32-21-17(14)7-9-26-22(21)30(16-4-3-8-25-11-16)23(31)18-6-5-15(10-19(18)24)20-12-29(2)28-27-20/h5-7,9-10,12-13,16,25H,3-4,8,11H2,1-2H3/t16-/m1/s1. The highest BCUT2D eigenvalue weighted by Crippen LogP contribution is 2.35. The number of halogens is 1. The van der Waals surface area contributed by atoms with Crippen LogP contribution in [0.15, 0.2) is 42.0 Å². The van der Waals surface area contributed by atoms with E-state index in [4.69, 9.17) is 0 Å². The lowest BCUT2D eigenvalue weighted by molar-refractivity contribution is 0.0968. The quantitative estimate of drug-likeness (QED) is 0.510. The fourth-order valence-electron chi connectivity index (χ4n) is 4.19. The van der Waals surface area contributed by atoms with E-state index in [2.05, 4.69) is 26.0 Å². The zero-order valence-electron chi connectivity index (χ0n) is 17.9. The van der Waals surface area contributed by atoms with E-state index in [9.17, 15) is 4.79 Å². The third kappa shape index (κ3) is 3.67. The molecule has 1 amide bonds. The maximum absolute atomic E-state index is 15.2. The summed E-state index contributed by atoms with van der Waals surface area (Å²) >= 11 is 1.56. The number of amides is 1. The molecule has 1 atom stereocenters. The third-order valence-corrected chi connectivity index (χ3v) is 6.95. The molecule has 0 bridgehead atoms. The van der Waals surface area contributed by atoms with Crippen LogP contribution in [0.1, 0.15) is 28.8 Å². The number of anilines is 1. The monoisotopic (exact) mass is 450 g/mol. The Balaban J connectivity index is 1.58. The number of piperidine rings is 1. The van der Waals surface area contributed by atoms with Crippen molar-refractivity contribution in [3.8, 4) is 11.3 Å². The number of fused-ring (bicyclic) bond motifs is 1. The largest absolute Gasteiger partial charge is 0.315 e. The Hall–Kier alpha value is -3.17. The van der Waals surface area contributed by atoms with Gasteiger partial charge in [0.15, 0.2) is 5.82 Å². The van der Waals surface area contributed by atoms with Crippen molar-refractivity contribution in [2.24, 2.45) is 7.05 Å². The number of benzene rings is 1. The van der Waals surface area contributed by atoms with E-state index >= 15 is 4.39 Å². The molecule has 1 aromatic carbocycles. The lowest BCUT2D eigenvalue weighted by Gasteiger charge is -2.34. The van der Waals surface area contributed by atoms with Crippen molar-refractivity contribution >= 4 is 33.1 Å². The summed E-state index contributed by atoms with van der Waals surface area (Å²) in [6, 6.07) is 6.45. The van der Waals surface area contributed by atoms with Gasteiger partial charge in [-0.1, -0.05) is 11.3 Å². The molecule has 0 aliphatic carbocycles. The Morgan fingerprint density at radius 2 is 2.22 bits per heavy atom. The minimum atomic E-state index is -0.582. The normalized spacial score (nSPS) is 16.4. The van der Waals surface area contributed by atoms with Gasteiger partial charge in [-0.2, -0.15) is 0 Å². The summed E-state index contributed by atoms with van der Waals surface area (Å²) < 4.78 is 17.7. The van der Waals surface area contributed by atoms with Crippen molar-refractivity contribution in [3.63, 3.8) is 0 Å². The second-order valence-corrected chi connectivity index (χ2v) is 8.96. The summed E-state index contributed by atoms with van der Waals surface area (Å²) in [5.74, 6) is -0.369. The van der Waals surface area contributed by atoms with Crippen LogP contribution in [0, 0.1) is 12.7 Å². The Kier molecular flexibility index (Phi) is 5.44. The van der Waals surface area contributed by atoms with Gasteiger partial charge in [0.25, 0.3) is 5.91 Å². The SMILES string of the molecule is Cc1csc2c(N(C(=O)c3ccc(-c4cn(C)nn4)cc3F)[C@@H]3CCCNC3)nccc12. The minimum Gasteiger partial charge on any atom is -0.315 e. The third-order valence-electron chi connectivity index (χ3n) is 5.85. The van der Waals surface area contributed by atoms with Crippen LogP contribution in [0.5, 0.6) is 0 Å². The molecule has 5 rings (SSSR count). The van der Waals surface area contributed by atoms with E-state index in [1.54, 1.807) is 46.4 Å². The summed E-state index contributed by atoms with van der Waals surface area (Å²) in [5.41, 5.74) is 2.30. The molecule has 164 valence electrons. The van der Waals surface area contributed by atoms with Crippen LogP contribution in [-0.2, 0) is 7.05 Å². The van der Waals surface area contributed by atoms with Crippen molar-refractivity contribution in [2.75, 3.05) is 18.0 Å². The van der Waals surface area contributed by atoms with Gasteiger partial charge < -0.3 is 5.32 Å². The minimum absolute atomic E-state index is 0.0234. The molecule has 1 saturated heterocycles. The fourth-order valence-corrected chi connectivity index (χ4v) is 5.23. The van der Waals surface area contributed by atoms with Gasteiger partial charge in [0, 0.05) is 30.7 Å². The average molecular weight is 451 g/mol. The maximum Gasteiger partial charge on any atom is 0.262 e. The van der Waals surface area contributed by atoms with Crippen molar-refractivity contribution in [2.45, 2.75) is 25.8 Å². The summed E-state index contributed by atoms with van der Waals surface area (Å²) in [6.07, 6.45) is 5.21. The van der Waals surface area contributed by atoms with E-state index in [1.807, 2.05) is 13.0 Å². The van der Waals surface area contributed by atoms with Gasteiger partial charge in [-0.05, 0) is 55.5 Å². The first-order valence-electron chi connectivity index (χ1n) is 10.6. The first kappa shape index (κ1) is 20.7. The number of aromatic nitrogens is 4. The van der Waals surface area contributed by atoms with Gasteiger partial charge in [0.1, 0.15) is 11.5 Å². The highest BCUT2D eigenvalue weighted by molar-refractivity contribution is 7.18. The van der Waals surface area contributed by atoms with Gasteiger partial charge in [0.05, 0.1) is 22.5 Å². The lowest BCUT2D eigenvalue weighted by atomic mass is 10.0. The van der Waals surface area contributed by atoms with Gasteiger partial charge in [0.2, 0.25) is 0 Å². The smallest absolute Gasteiger partial charge is 0.262 e. The lowest BCUT2D eigenvalue weighted by Crippen LogP contribution is -2.49. The number of aryl methyl sites for hydroxylation is 2. The van der Waals surface area contributed by atoms with Crippen LogP contribution in [0.4, 0.5) is 10.2 Å². The highest BCUT2D eigenvalue weighted by atomic mass is 32.1. The molecule has 4 aromatic rings. The number of carbonyl (C=O) groups is 1. The van der Waals surface area contributed by atoms with Crippen LogP contribution in [0.25, 0.3) is 21.3 Å². The van der Waals surface area contributed by atoms with Crippen LogP contribution in [0.3, 0.4) is 0 Å². The molecular weight excluding hydrogens is 427 g/mol. The van der Waals surface area contributed by atoms with Crippen molar-refractivity contribution in [1.29, 1.82) is 0 Å². The van der Waals surface area contributed by atoms with E-state index in [0.29, 0.717) is 23.6 Å². The summed E-state index contributed by atoms with van der Waals surface area (Å²) in [6.45, 7) is 3.60. The number of thiophene rings is 1. The summed E-state index contributed by atoms with van der Waals surface area (Å²) in [5, 5.41) is 14.4. The molecule has 0 unspecified atom stereocenters. The summed E-state index contributed by atoms with van der Waals surface area (Å²) in [7, 11) is 1.75. The molecule has 1 aliphatic heterocycles. The van der Waals surface area contributed by atoms with Crippen molar-refractivity contribution in [1.82, 2.24) is 25.3 Å². The fraction of sp³-hybridized carbons (Fsp3) is 0.304. The molecule has 7 nitrogen and oxygen atoms in total. The van der Waals surface area contributed by atoms with E-state index in [0.717, 1.165) is 35.0 Å². The Morgan fingerprint density at radius 1 is 1.34 bits per heavy atom. The molecule has 0 saturated carbocycles. The number of carbonyl (C=O) groups excluding carboxylic acids is 1. The first-order chi connectivity index (χ1) is 15.5. The number of hydrogen-bond donors (Lipinski definition) is 1. The Morgan fingerprint density at radius 3 is 2.94 bits per heavy atom. The predicted octanol–water partition coefficient (Wildman–Crippen LogP) is 3.94. The number of nitrogens with one attached hydrogen (secondary N) is 1. The van der Waals surface area contributed by atoms with Crippen LogP contribution >= 0.6 is 11.3 Å². The molecule has 0 spiro atoms. The molecule has 4 heterocycles. The van der Waals surface area contributed by atoms with E-state index in [1.165, 1.54) is 12.1 Å². The molecular formula is C23H23FN6OS. The predicted molar refractivity (Wildman–Crippen MR) is 123 cm³/mol. The number of rotatable bonds is 4. The van der Waals surface area contributed by atoms with Gasteiger partial charge in [-0.25, -0.2) is 9.37 Å².